The van der Waals surface area contributed by atoms with Crippen LogP contribution in [0.5, 0.6) is 0 Å². The van der Waals surface area contributed by atoms with Crippen molar-refractivity contribution in [2.75, 3.05) is 13.1 Å². The van der Waals surface area contributed by atoms with Gasteiger partial charge in [-0.25, -0.2) is 9.48 Å². The molecule has 1 saturated heterocycles. The Morgan fingerprint density at radius 1 is 1.52 bits per heavy atom. The first kappa shape index (κ1) is 15.4. The first-order chi connectivity index (χ1) is 10.1. The van der Waals surface area contributed by atoms with Gasteiger partial charge in [0.15, 0.2) is 5.69 Å². The number of nitrogens with zero attached hydrogens (tertiary/aromatic N) is 3. The quantitative estimate of drug-likeness (QED) is 0.691. The minimum Gasteiger partial charge on any atom is -0.480 e. The molecule has 1 aromatic heterocycles. The van der Waals surface area contributed by atoms with Crippen LogP contribution in [-0.2, 0) is 4.79 Å². The number of aromatic nitrogens is 3. The lowest BCUT2D eigenvalue weighted by molar-refractivity contribution is -0.139. The van der Waals surface area contributed by atoms with E-state index in [9.17, 15) is 9.59 Å². The molecule has 3 N–H and O–H groups in total. The zero-order chi connectivity index (χ0) is 15.2. The molecule has 1 aromatic rings. The molecule has 0 aliphatic carbocycles. The van der Waals surface area contributed by atoms with E-state index in [4.69, 9.17) is 5.11 Å². The van der Waals surface area contributed by atoms with Gasteiger partial charge in [0.1, 0.15) is 6.04 Å². The summed E-state index contributed by atoms with van der Waals surface area (Å²) in [6.07, 6.45) is 4.55. The predicted octanol–water partition coefficient (Wildman–Crippen LogP) is 0.186. The van der Waals surface area contributed by atoms with E-state index >= 15 is 0 Å². The lowest BCUT2D eigenvalue weighted by Crippen LogP contribution is -2.40. The zero-order valence-electron chi connectivity index (χ0n) is 12.1. The molecule has 2 heterocycles. The van der Waals surface area contributed by atoms with Gasteiger partial charge in [-0.1, -0.05) is 18.6 Å². The Morgan fingerprint density at radius 2 is 2.24 bits per heavy atom. The van der Waals surface area contributed by atoms with Gasteiger partial charge < -0.3 is 15.7 Å². The van der Waals surface area contributed by atoms with Crippen molar-refractivity contribution in [3.63, 3.8) is 0 Å². The van der Waals surface area contributed by atoms with Crippen molar-refractivity contribution in [2.45, 2.75) is 44.7 Å². The molecule has 0 saturated carbocycles. The monoisotopic (exact) mass is 295 g/mol. The molecule has 0 spiro atoms. The molecule has 1 fully saturated rings. The highest BCUT2D eigenvalue weighted by atomic mass is 16.4. The highest BCUT2D eigenvalue weighted by Crippen LogP contribution is 2.17. The molecule has 0 radical (unpaired) electrons. The third-order valence-electron chi connectivity index (χ3n) is 3.61. The molecular formula is C13H21N5O3. The van der Waals surface area contributed by atoms with Gasteiger partial charge in [0.05, 0.1) is 12.2 Å². The Bertz CT molecular complexity index is 496. The number of hydrogen-bond donors (Lipinski definition) is 3. The maximum atomic E-state index is 12.0. The van der Waals surface area contributed by atoms with Crippen LogP contribution in [0.3, 0.4) is 0 Å². The second-order valence-corrected chi connectivity index (χ2v) is 5.22. The lowest BCUT2D eigenvalue weighted by Gasteiger charge is -2.22. The van der Waals surface area contributed by atoms with Crippen LogP contribution in [0, 0.1) is 0 Å². The summed E-state index contributed by atoms with van der Waals surface area (Å²) in [5.74, 6) is -1.52. The fourth-order valence-corrected chi connectivity index (χ4v) is 2.41. The maximum absolute atomic E-state index is 12.0. The Kier molecular flexibility index (Phi) is 5.26. The standard InChI is InChI=1S/C13H21N5O3/c1-2-3-10(13(20)21)15-12(19)11-8-18(17-16-11)9-4-6-14-7-5-9/h8-10,14H,2-7H2,1H3,(H,15,19)(H,20,21). The van der Waals surface area contributed by atoms with Crippen molar-refractivity contribution in [3.05, 3.63) is 11.9 Å². The number of hydrogen-bond acceptors (Lipinski definition) is 5. The summed E-state index contributed by atoms with van der Waals surface area (Å²) < 4.78 is 1.70. The summed E-state index contributed by atoms with van der Waals surface area (Å²) in [6, 6.07) is -0.641. The number of carboxylic acid groups (broad SMARTS) is 1. The van der Waals surface area contributed by atoms with Gasteiger partial charge in [-0.2, -0.15) is 0 Å². The average molecular weight is 295 g/mol. The third-order valence-corrected chi connectivity index (χ3v) is 3.61. The van der Waals surface area contributed by atoms with Gasteiger partial charge in [0, 0.05) is 0 Å². The SMILES string of the molecule is CCCC(NC(=O)c1cn(C2CCNCC2)nn1)C(=O)O. The fraction of sp³-hybridized carbons (Fsp3) is 0.692. The van der Waals surface area contributed by atoms with Gasteiger partial charge in [0.2, 0.25) is 0 Å². The first-order valence-corrected chi connectivity index (χ1v) is 7.28. The molecule has 1 atom stereocenters. The number of rotatable bonds is 6. The molecule has 1 aliphatic rings. The minimum absolute atomic E-state index is 0.163. The maximum Gasteiger partial charge on any atom is 0.326 e. The van der Waals surface area contributed by atoms with Crippen LogP contribution < -0.4 is 10.6 Å². The Balaban J connectivity index is 1.99. The van der Waals surface area contributed by atoms with E-state index in [1.807, 2.05) is 6.92 Å². The van der Waals surface area contributed by atoms with Crippen LogP contribution in [0.15, 0.2) is 6.20 Å². The van der Waals surface area contributed by atoms with Gasteiger partial charge >= 0.3 is 5.97 Å². The van der Waals surface area contributed by atoms with E-state index in [2.05, 4.69) is 20.9 Å². The Labute approximate surface area is 122 Å². The molecule has 0 bridgehead atoms. The van der Waals surface area contributed by atoms with Crippen molar-refractivity contribution in [1.29, 1.82) is 0 Å². The number of piperidine rings is 1. The van der Waals surface area contributed by atoms with Crippen molar-refractivity contribution in [1.82, 2.24) is 25.6 Å². The second kappa shape index (κ2) is 7.16. The van der Waals surface area contributed by atoms with Gasteiger partial charge in [-0.15, -0.1) is 5.10 Å². The molecule has 2 rings (SSSR count). The van der Waals surface area contributed by atoms with Crippen molar-refractivity contribution in [2.24, 2.45) is 0 Å². The molecule has 8 nitrogen and oxygen atoms in total. The summed E-state index contributed by atoms with van der Waals surface area (Å²) >= 11 is 0. The number of carbonyl (C=O) groups excluding carboxylic acids is 1. The van der Waals surface area contributed by atoms with Crippen LogP contribution in [0.1, 0.15) is 49.1 Å². The molecule has 1 aliphatic heterocycles. The van der Waals surface area contributed by atoms with Crippen LogP contribution in [-0.4, -0.2) is 51.1 Å². The molecular weight excluding hydrogens is 274 g/mol. The Hall–Kier alpha value is -1.96. The average Bonchev–Trinajstić information content (AvgIpc) is 2.97. The normalized spacial score (nSPS) is 17.4. The fourth-order valence-electron chi connectivity index (χ4n) is 2.41. The van der Waals surface area contributed by atoms with Crippen LogP contribution in [0.25, 0.3) is 0 Å². The van der Waals surface area contributed by atoms with Crippen LogP contribution >= 0.6 is 0 Å². The summed E-state index contributed by atoms with van der Waals surface area (Å²) in [6.45, 7) is 3.71. The summed E-state index contributed by atoms with van der Waals surface area (Å²) in [5, 5.41) is 22.6. The predicted molar refractivity (Wildman–Crippen MR) is 75.0 cm³/mol. The van der Waals surface area contributed by atoms with Crippen LogP contribution in [0.2, 0.25) is 0 Å². The minimum atomic E-state index is -1.03. The van der Waals surface area contributed by atoms with E-state index in [1.165, 1.54) is 0 Å². The smallest absolute Gasteiger partial charge is 0.326 e. The topological polar surface area (TPSA) is 109 Å². The van der Waals surface area contributed by atoms with E-state index in [0.29, 0.717) is 12.8 Å². The summed E-state index contributed by atoms with van der Waals surface area (Å²) in [7, 11) is 0. The highest BCUT2D eigenvalue weighted by Gasteiger charge is 2.23. The van der Waals surface area contributed by atoms with E-state index < -0.39 is 17.9 Å². The summed E-state index contributed by atoms with van der Waals surface area (Å²) in [4.78, 5) is 23.1. The largest absolute Gasteiger partial charge is 0.480 e. The van der Waals surface area contributed by atoms with Gasteiger partial charge in [-0.3, -0.25) is 4.79 Å². The van der Waals surface area contributed by atoms with E-state index in [0.717, 1.165) is 25.9 Å². The number of nitrogens with one attached hydrogen (secondary N) is 2. The van der Waals surface area contributed by atoms with Gasteiger partial charge in [0.25, 0.3) is 5.91 Å². The number of aliphatic carboxylic acids is 1. The second-order valence-electron chi connectivity index (χ2n) is 5.22. The third kappa shape index (κ3) is 4.01. The number of carboxylic acids is 1. The van der Waals surface area contributed by atoms with E-state index in [-0.39, 0.29) is 11.7 Å². The molecule has 0 aromatic carbocycles. The van der Waals surface area contributed by atoms with E-state index in [1.54, 1.807) is 10.9 Å². The van der Waals surface area contributed by atoms with Crippen molar-refractivity contribution < 1.29 is 14.7 Å². The number of carbonyl (C=O) groups is 2. The molecule has 116 valence electrons. The Morgan fingerprint density at radius 3 is 2.86 bits per heavy atom. The van der Waals surface area contributed by atoms with Crippen molar-refractivity contribution >= 4 is 11.9 Å². The first-order valence-electron chi connectivity index (χ1n) is 7.28. The molecule has 1 amide bonds. The molecule has 1 unspecified atom stereocenters. The number of amides is 1. The van der Waals surface area contributed by atoms with Crippen LogP contribution in [0.4, 0.5) is 0 Å². The van der Waals surface area contributed by atoms with Gasteiger partial charge in [-0.05, 0) is 32.4 Å². The lowest BCUT2D eigenvalue weighted by atomic mass is 10.1. The van der Waals surface area contributed by atoms with Crippen molar-refractivity contribution in [3.8, 4) is 0 Å². The highest BCUT2D eigenvalue weighted by molar-refractivity contribution is 5.94. The zero-order valence-corrected chi connectivity index (χ0v) is 12.1. The molecule has 21 heavy (non-hydrogen) atoms. The summed E-state index contributed by atoms with van der Waals surface area (Å²) in [5.41, 5.74) is 0.163. The molecule has 8 heteroatoms.